The molecule has 0 fully saturated rings. The Morgan fingerprint density at radius 2 is 2.11 bits per heavy atom. The van der Waals surface area contributed by atoms with Gasteiger partial charge in [0.05, 0.1) is 13.2 Å². The number of hydrogen-bond donors (Lipinski definition) is 0. The highest BCUT2D eigenvalue weighted by molar-refractivity contribution is 5.71. The molecule has 0 aliphatic heterocycles. The fourth-order valence-electron chi connectivity index (χ4n) is 1.50. The minimum Gasteiger partial charge on any atom is -0.466 e. The lowest BCUT2D eigenvalue weighted by atomic mass is 10.2. The second-order valence-corrected chi connectivity index (χ2v) is 3.70. The fourth-order valence-corrected chi connectivity index (χ4v) is 1.50. The van der Waals surface area contributed by atoms with Gasteiger partial charge in [-0.15, -0.1) is 10.2 Å². The van der Waals surface area contributed by atoms with Crippen molar-refractivity contribution in [2.24, 2.45) is 0 Å². The number of carbonyl (C=O) groups is 1. The first kappa shape index (κ1) is 12.2. The molecule has 0 radical (unpaired) electrons. The van der Waals surface area contributed by atoms with E-state index >= 15 is 0 Å². The third-order valence-electron chi connectivity index (χ3n) is 2.27. The molecule has 0 amide bonds. The molecule has 0 N–H and O–H groups in total. The van der Waals surface area contributed by atoms with Crippen molar-refractivity contribution in [1.29, 1.82) is 0 Å². The second-order valence-electron chi connectivity index (χ2n) is 3.70. The lowest BCUT2D eigenvalue weighted by Gasteiger charge is -1.98. The average molecular weight is 246 g/mol. The lowest BCUT2D eigenvalue weighted by molar-refractivity contribution is -0.142. The SMILES string of the molecule is CCOC(=O)Cc1nnn(Cc2ccccc2)n1. The van der Waals surface area contributed by atoms with Gasteiger partial charge in [-0.3, -0.25) is 4.79 Å². The molecule has 2 aromatic rings. The summed E-state index contributed by atoms with van der Waals surface area (Å²) in [6, 6.07) is 9.81. The molecular formula is C12H14N4O2. The molecular weight excluding hydrogens is 232 g/mol. The van der Waals surface area contributed by atoms with Crippen molar-refractivity contribution >= 4 is 5.97 Å². The predicted molar refractivity (Wildman–Crippen MR) is 63.7 cm³/mol. The Kier molecular flexibility index (Phi) is 4.01. The zero-order chi connectivity index (χ0) is 12.8. The van der Waals surface area contributed by atoms with Gasteiger partial charge in [0, 0.05) is 0 Å². The lowest BCUT2D eigenvalue weighted by Crippen LogP contribution is -2.09. The van der Waals surface area contributed by atoms with Gasteiger partial charge in [-0.25, -0.2) is 0 Å². The van der Waals surface area contributed by atoms with Crippen LogP contribution in [0.1, 0.15) is 18.3 Å². The smallest absolute Gasteiger partial charge is 0.313 e. The van der Waals surface area contributed by atoms with Crippen molar-refractivity contribution in [1.82, 2.24) is 20.2 Å². The number of esters is 1. The van der Waals surface area contributed by atoms with Crippen LogP contribution in [0.4, 0.5) is 0 Å². The summed E-state index contributed by atoms with van der Waals surface area (Å²) >= 11 is 0. The number of rotatable bonds is 5. The summed E-state index contributed by atoms with van der Waals surface area (Å²) < 4.78 is 4.82. The number of benzene rings is 1. The highest BCUT2D eigenvalue weighted by Gasteiger charge is 2.09. The van der Waals surface area contributed by atoms with E-state index in [0.29, 0.717) is 19.0 Å². The maximum atomic E-state index is 11.2. The standard InChI is InChI=1S/C12H14N4O2/c1-2-18-12(17)8-11-13-15-16(14-11)9-10-6-4-3-5-7-10/h3-7H,2,8-9H2,1H3. The van der Waals surface area contributed by atoms with Crippen molar-refractivity contribution in [2.75, 3.05) is 6.61 Å². The van der Waals surface area contributed by atoms with Crippen LogP contribution < -0.4 is 0 Å². The van der Waals surface area contributed by atoms with E-state index in [1.807, 2.05) is 30.3 Å². The summed E-state index contributed by atoms with van der Waals surface area (Å²) in [4.78, 5) is 12.7. The van der Waals surface area contributed by atoms with E-state index in [1.165, 1.54) is 4.80 Å². The molecule has 0 spiro atoms. The number of hydrogen-bond acceptors (Lipinski definition) is 5. The average Bonchev–Trinajstić information content (AvgIpc) is 2.78. The van der Waals surface area contributed by atoms with Gasteiger partial charge in [-0.2, -0.15) is 4.80 Å². The Bertz CT molecular complexity index is 510. The van der Waals surface area contributed by atoms with Crippen LogP contribution in [0.3, 0.4) is 0 Å². The summed E-state index contributed by atoms with van der Waals surface area (Å²) in [7, 11) is 0. The molecule has 0 atom stereocenters. The second kappa shape index (κ2) is 5.90. The van der Waals surface area contributed by atoms with Crippen LogP contribution in [-0.2, 0) is 22.5 Å². The molecule has 6 nitrogen and oxygen atoms in total. The van der Waals surface area contributed by atoms with Crippen molar-refractivity contribution < 1.29 is 9.53 Å². The molecule has 1 heterocycles. The normalized spacial score (nSPS) is 10.3. The van der Waals surface area contributed by atoms with Gasteiger partial charge in [0.2, 0.25) is 0 Å². The summed E-state index contributed by atoms with van der Waals surface area (Å²) in [5.41, 5.74) is 1.08. The number of ether oxygens (including phenoxy) is 1. The molecule has 1 aromatic carbocycles. The topological polar surface area (TPSA) is 69.9 Å². The van der Waals surface area contributed by atoms with Gasteiger partial charge in [-0.05, 0) is 17.7 Å². The molecule has 18 heavy (non-hydrogen) atoms. The predicted octanol–water partition coefficient (Wildman–Crippen LogP) is 0.827. The van der Waals surface area contributed by atoms with Crippen LogP contribution in [0, 0.1) is 0 Å². The molecule has 1 aromatic heterocycles. The Balaban J connectivity index is 1.96. The first-order valence-electron chi connectivity index (χ1n) is 5.74. The largest absolute Gasteiger partial charge is 0.466 e. The first-order chi connectivity index (χ1) is 8.78. The third-order valence-corrected chi connectivity index (χ3v) is 2.27. The molecule has 6 heteroatoms. The molecule has 0 aliphatic rings. The molecule has 2 rings (SSSR count). The van der Waals surface area contributed by atoms with Crippen LogP contribution in [0.25, 0.3) is 0 Å². The maximum Gasteiger partial charge on any atom is 0.313 e. The number of tetrazole rings is 1. The van der Waals surface area contributed by atoms with Crippen molar-refractivity contribution in [3.05, 3.63) is 41.7 Å². The Hall–Kier alpha value is -2.24. The Morgan fingerprint density at radius 3 is 2.83 bits per heavy atom. The van der Waals surface area contributed by atoms with E-state index in [-0.39, 0.29) is 12.4 Å². The first-order valence-corrected chi connectivity index (χ1v) is 5.74. The quantitative estimate of drug-likeness (QED) is 0.731. The molecule has 0 saturated carbocycles. The molecule has 0 saturated heterocycles. The highest BCUT2D eigenvalue weighted by atomic mass is 16.5. The van der Waals surface area contributed by atoms with Crippen molar-refractivity contribution in [3.63, 3.8) is 0 Å². The van der Waals surface area contributed by atoms with Crippen molar-refractivity contribution in [2.45, 2.75) is 19.9 Å². The van der Waals surface area contributed by atoms with Gasteiger partial charge in [0.25, 0.3) is 0 Å². The van der Waals surface area contributed by atoms with Crippen LogP contribution in [0.15, 0.2) is 30.3 Å². The maximum absolute atomic E-state index is 11.2. The number of carbonyl (C=O) groups excluding carboxylic acids is 1. The van der Waals surface area contributed by atoms with Crippen LogP contribution in [0.2, 0.25) is 0 Å². The molecule has 94 valence electrons. The van der Waals surface area contributed by atoms with E-state index in [2.05, 4.69) is 15.4 Å². The van der Waals surface area contributed by atoms with E-state index in [0.717, 1.165) is 5.56 Å². The Morgan fingerprint density at radius 1 is 1.33 bits per heavy atom. The van der Waals surface area contributed by atoms with Crippen LogP contribution in [0.5, 0.6) is 0 Å². The van der Waals surface area contributed by atoms with E-state index in [9.17, 15) is 4.79 Å². The Labute approximate surface area is 105 Å². The molecule has 0 unspecified atom stereocenters. The highest BCUT2D eigenvalue weighted by Crippen LogP contribution is 2.00. The molecule has 0 bridgehead atoms. The summed E-state index contributed by atoms with van der Waals surface area (Å²) in [6.45, 7) is 2.66. The third kappa shape index (κ3) is 3.38. The number of aromatic nitrogens is 4. The zero-order valence-corrected chi connectivity index (χ0v) is 10.1. The molecule has 0 aliphatic carbocycles. The van der Waals surface area contributed by atoms with Gasteiger partial charge in [-0.1, -0.05) is 30.3 Å². The van der Waals surface area contributed by atoms with Crippen LogP contribution >= 0.6 is 0 Å². The van der Waals surface area contributed by atoms with Crippen molar-refractivity contribution in [3.8, 4) is 0 Å². The number of nitrogens with zero attached hydrogens (tertiary/aromatic N) is 4. The monoisotopic (exact) mass is 246 g/mol. The zero-order valence-electron chi connectivity index (χ0n) is 10.1. The van der Waals surface area contributed by atoms with E-state index < -0.39 is 0 Å². The van der Waals surface area contributed by atoms with Gasteiger partial charge >= 0.3 is 5.97 Å². The van der Waals surface area contributed by atoms with Gasteiger partial charge in [0.1, 0.15) is 6.42 Å². The van der Waals surface area contributed by atoms with Gasteiger partial charge < -0.3 is 4.74 Å². The van der Waals surface area contributed by atoms with E-state index in [1.54, 1.807) is 6.92 Å². The minimum atomic E-state index is -0.336. The van der Waals surface area contributed by atoms with Gasteiger partial charge in [0.15, 0.2) is 5.82 Å². The summed E-state index contributed by atoms with van der Waals surface area (Å²) in [6.07, 6.45) is 0.0582. The minimum absolute atomic E-state index is 0.0582. The fraction of sp³-hybridized carbons (Fsp3) is 0.333. The van der Waals surface area contributed by atoms with Crippen LogP contribution in [-0.4, -0.2) is 32.8 Å². The summed E-state index contributed by atoms with van der Waals surface area (Å²) in [5, 5.41) is 11.8. The summed E-state index contributed by atoms with van der Waals surface area (Å²) in [5.74, 6) is 0.0427. The van der Waals surface area contributed by atoms with E-state index in [4.69, 9.17) is 4.74 Å².